The second-order valence-corrected chi connectivity index (χ2v) is 6.77. The summed E-state index contributed by atoms with van der Waals surface area (Å²) >= 11 is 0. The molecule has 4 rings (SSSR count). The second-order valence-electron chi connectivity index (χ2n) is 6.77. The highest BCUT2D eigenvalue weighted by molar-refractivity contribution is 5.84. The standard InChI is InChI=1S/C22H22N4O3/c1-4-14(2)29-17-9-10-18(20(27)11-17)19-12-23-22-25-24-13-26(22)21(19)15-5-7-16(28-3)8-6-15/h5-14,27H,4H2,1-3H3. The summed E-state index contributed by atoms with van der Waals surface area (Å²) in [6, 6.07) is 13.0. The van der Waals surface area contributed by atoms with Gasteiger partial charge in [0.05, 0.1) is 18.9 Å². The normalized spacial score (nSPS) is 12.1. The molecule has 2 heterocycles. The van der Waals surface area contributed by atoms with Gasteiger partial charge in [-0.25, -0.2) is 4.98 Å². The number of ether oxygens (including phenoxy) is 2. The zero-order valence-electron chi connectivity index (χ0n) is 16.5. The molecule has 29 heavy (non-hydrogen) atoms. The molecule has 1 atom stereocenters. The van der Waals surface area contributed by atoms with E-state index < -0.39 is 0 Å². The predicted molar refractivity (Wildman–Crippen MR) is 110 cm³/mol. The molecule has 0 aliphatic rings. The van der Waals surface area contributed by atoms with E-state index in [9.17, 15) is 5.11 Å². The lowest BCUT2D eigenvalue weighted by atomic mass is 9.99. The van der Waals surface area contributed by atoms with Gasteiger partial charge in [0.15, 0.2) is 0 Å². The van der Waals surface area contributed by atoms with Crippen molar-refractivity contribution in [1.82, 2.24) is 19.6 Å². The highest BCUT2D eigenvalue weighted by Gasteiger charge is 2.17. The maximum Gasteiger partial charge on any atom is 0.255 e. The maximum atomic E-state index is 10.7. The first kappa shape index (κ1) is 18.7. The summed E-state index contributed by atoms with van der Waals surface area (Å²) in [7, 11) is 1.63. The van der Waals surface area contributed by atoms with Crippen LogP contribution in [0.4, 0.5) is 0 Å². The molecule has 7 heteroatoms. The molecule has 0 aliphatic carbocycles. The van der Waals surface area contributed by atoms with Crippen LogP contribution in [0.3, 0.4) is 0 Å². The summed E-state index contributed by atoms with van der Waals surface area (Å²) in [4.78, 5) is 4.38. The Morgan fingerprint density at radius 2 is 1.83 bits per heavy atom. The monoisotopic (exact) mass is 390 g/mol. The SMILES string of the molecule is CCC(C)Oc1ccc(-c2cnc3nncn3c2-c2ccc(OC)cc2)c(O)c1. The average Bonchev–Trinajstić information content (AvgIpc) is 3.22. The van der Waals surface area contributed by atoms with Crippen LogP contribution >= 0.6 is 0 Å². The number of hydrogen-bond donors (Lipinski definition) is 1. The molecule has 0 spiro atoms. The summed E-state index contributed by atoms with van der Waals surface area (Å²) in [5.74, 6) is 1.99. The van der Waals surface area contributed by atoms with Crippen molar-refractivity contribution in [2.24, 2.45) is 0 Å². The van der Waals surface area contributed by atoms with Gasteiger partial charge in [-0.3, -0.25) is 4.40 Å². The van der Waals surface area contributed by atoms with Crippen molar-refractivity contribution in [2.75, 3.05) is 7.11 Å². The fraction of sp³-hybridized carbons (Fsp3) is 0.227. The number of methoxy groups -OCH3 is 1. The summed E-state index contributed by atoms with van der Waals surface area (Å²) in [5.41, 5.74) is 3.16. The van der Waals surface area contributed by atoms with Gasteiger partial charge >= 0.3 is 0 Å². The van der Waals surface area contributed by atoms with Gasteiger partial charge < -0.3 is 14.6 Å². The molecule has 0 saturated carbocycles. The predicted octanol–water partition coefficient (Wildman–Crippen LogP) is 4.35. The molecule has 2 aromatic carbocycles. The van der Waals surface area contributed by atoms with Crippen LogP contribution in [-0.4, -0.2) is 37.9 Å². The number of aromatic nitrogens is 4. The summed E-state index contributed by atoms with van der Waals surface area (Å²) < 4.78 is 12.9. The van der Waals surface area contributed by atoms with E-state index in [0.29, 0.717) is 17.1 Å². The minimum atomic E-state index is 0.0742. The second kappa shape index (κ2) is 7.79. The van der Waals surface area contributed by atoms with Gasteiger partial charge in [-0.15, -0.1) is 10.2 Å². The highest BCUT2D eigenvalue weighted by atomic mass is 16.5. The Balaban J connectivity index is 1.85. The highest BCUT2D eigenvalue weighted by Crippen LogP contribution is 2.38. The molecule has 0 aliphatic heterocycles. The molecule has 7 nitrogen and oxygen atoms in total. The van der Waals surface area contributed by atoms with Crippen LogP contribution in [-0.2, 0) is 0 Å². The number of aromatic hydroxyl groups is 1. The van der Waals surface area contributed by atoms with E-state index in [1.807, 2.05) is 43.3 Å². The summed E-state index contributed by atoms with van der Waals surface area (Å²) in [6.07, 6.45) is 4.28. The van der Waals surface area contributed by atoms with E-state index in [2.05, 4.69) is 22.1 Å². The third-order valence-corrected chi connectivity index (χ3v) is 4.87. The molecule has 1 unspecified atom stereocenters. The minimum absolute atomic E-state index is 0.0742. The molecule has 4 aromatic rings. The number of fused-ring (bicyclic) bond motifs is 1. The topological polar surface area (TPSA) is 81.8 Å². The van der Waals surface area contributed by atoms with Crippen LogP contribution in [0.2, 0.25) is 0 Å². The van der Waals surface area contributed by atoms with Gasteiger partial charge in [0.25, 0.3) is 5.78 Å². The summed E-state index contributed by atoms with van der Waals surface area (Å²) in [5, 5.41) is 18.8. The van der Waals surface area contributed by atoms with Gasteiger partial charge in [-0.2, -0.15) is 0 Å². The van der Waals surface area contributed by atoms with Crippen molar-refractivity contribution in [2.45, 2.75) is 26.4 Å². The summed E-state index contributed by atoms with van der Waals surface area (Å²) in [6.45, 7) is 4.05. The van der Waals surface area contributed by atoms with Crippen LogP contribution in [0, 0.1) is 0 Å². The van der Waals surface area contributed by atoms with Crippen molar-refractivity contribution in [3.8, 4) is 39.6 Å². The van der Waals surface area contributed by atoms with Gasteiger partial charge in [0.1, 0.15) is 23.6 Å². The third kappa shape index (κ3) is 3.59. The molecule has 0 amide bonds. The first-order chi connectivity index (χ1) is 14.1. The quantitative estimate of drug-likeness (QED) is 0.527. The first-order valence-electron chi connectivity index (χ1n) is 9.44. The van der Waals surface area contributed by atoms with Crippen molar-refractivity contribution in [1.29, 1.82) is 0 Å². The number of hydrogen-bond acceptors (Lipinski definition) is 6. The van der Waals surface area contributed by atoms with Gasteiger partial charge in [-0.05, 0) is 55.3 Å². The number of rotatable bonds is 6. The molecular weight excluding hydrogens is 368 g/mol. The van der Waals surface area contributed by atoms with Crippen molar-refractivity contribution in [3.63, 3.8) is 0 Å². The van der Waals surface area contributed by atoms with Crippen LogP contribution < -0.4 is 9.47 Å². The van der Waals surface area contributed by atoms with Gasteiger partial charge in [-0.1, -0.05) is 6.92 Å². The zero-order valence-corrected chi connectivity index (χ0v) is 16.5. The van der Waals surface area contributed by atoms with E-state index in [4.69, 9.17) is 9.47 Å². The van der Waals surface area contributed by atoms with Crippen LogP contribution in [0.1, 0.15) is 20.3 Å². The van der Waals surface area contributed by atoms with Crippen molar-refractivity contribution in [3.05, 3.63) is 55.0 Å². The van der Waals surface area contributed by atoms with Crippen LogP contribution in [0.25, 0.3) is 28.2 Å². The number of nitrogens with zero attached hydrogens (tertiary/aromatic N) is 4. The smallest absolute Gasteiger partial charge is 0.255 e. The van der Waals surface area contributed by atoms with Crippen molar-refractivity contribution < 1.29 is 14.6 Å². The molecule has 148 valence electrons. The molecule has 0 fully saturated rings. The lowest BCUT2D eigenvalue weighted by molar-refractivity contribution is 0.217. The van der Waals surface area contributed by atoms with Gasteiger partial charge in [0, 0.05) is 23.4 Å². The van der Waals surface area contributed by atoms with E-state index in [-0.39, 0.29) is 11.9 Å². The fourth-order valence-electron chi connectivity index (χ4n) is 3.16. The number of phenols is 1. The Morgan fingerprint density at radius 3 is 2.52 bits per heavy atom. The van der Waals surface area contributed by atoms with Gasteiger partial charge in [0.2, 0.25) is 0 Å². The Labute approximate surface area is 168 Å². The Morgan fingerprint density at radius 1 is 1.07 bits per heavy atom. The minimum Gasteiger partial charge on any atom is -0.507 e. The van der Waals surface area contributed by atoms with E-state index >= 15 is 0 Å². The van der Waals surface area contributed by atoms with Crippen LogP contribution in [0.15, 0.2) is 55.0 Å². The maximum absolute atomic E-state index is 10.7. The Hall–Kier alpha value is -3.61. The molecule has 1 N–H and O–H groups in total. The Kier molecular flexibility index (Phi) is 5.03. The molecular formula is C22H22N4O3. The average molecular weight is 390 g/mol. The zero-order chi connectivity index (χ0) is 20.4. The lowest BCUT2D eigenvalue weighted by Gasteiger charge is -2.16. The number of benzene rings is 2. The number of phenolic OH excluding ortho intramolecular Hbond substituents is 1. The van der Waals surface area contributed by atoms with E-state index in [1.165, 1.54) is 0 Å². The van der Waals surface area contributed by atoms with Crippen LogP contribution in [0.5, 0.6) is 17.2 Å². The molecule has 0 radical (unpaired) electrons. The van der Waals surface area contributed by atoms with E-state index in [0.717, 1.165) is 29.0 Å². The fourth-order valence-corrected chi connectivity index (χ4v) is 3.16. The Bertz CT molecular complexity index is 1140. The molecule has 0 bridgehead atoms. The van der Waals surface area contributed by atoms with E-state index in [1.54, 1.807) is 30.1 Å². The lowest BCUT2D eigenvalue weighted by Crippen LogP contribution is -2.09. The molecule has 2 aromatic heterocycles. The third-order valence-electron chi connectivity index (χ3n) is 4.87. The molecule has 0 saturated heterocycles. The largest absolute Gasteiger partial charge is 0.507 e. The van der Waals surface area contributed by atoms with Crippen molar-refractivity contribution >= 4 is 5.78 Å². The first-order valence-corrected chi connectivity index (χ1v) is 9.44.